The van der Waals surface area contributed by atoms with Crippen molar-refractivity contribution in [3.63, 3.8) is 0 Å². The zero-order chi connectivity index (χ0) is 16.5. The second-order valence-electron chi connectivity index (χ2n) is 5.87. The molecule has 120 valence electrons. The number of para-hydroxylation sites is 1. The molecule has 1 aromatic heterocycles. The molecule has 1 atom stereocenters. The molecule has 1 aliphatic rings. The van der Waals surface area contributed by atoms with Crippen molar-refractivity contribution in [2.75, 3.05) is 0 Å². The molecular weight excluding hydrogens is 320 g/mol. The number of carbonyl (C=O) groups is 2. The summed E-state index contributed by atoms with van der Waals surface area (Å²) in [4.78, 5) is 23.3. The van der Waals surface area contributed by atoms with Crippen molar-refractivity contribution in [3.05, 3.63) is 71.9 Å². The van der Waals surface area contributed by atoms with E-state index in [0.29, 0.717) is 6.42 Å². The highest BCUT2D eigenvalue weighted by Crippen LogP contribution is 2.28. The Labute approximate surface area is 143 Å². The summed E-state index contributed by atoms with van der Waals surface area (Å²) in [7, 11) is 0. The first kappa shape index (κ1) is 15.0. The molecule has 2 aromatic carbocycles. The third-order valence-electron chi connectivity index (χ3n) is 4.24. The lowest BCUT2D eigenvalue weighted by Gasteiger charge is -2.05. The van der Waals surface area contributed by atoms with Gasteiger partial charge in [0.05, 0.1) is 5.25 Å². The highest BCUT2D eigenvalue weighted by molar-refractivity contribution is 8.15. The minimum absolute atomic E-state index is 0.190. The molecule has 5 heteroatoms. The molecule has 0 saturated carbocycles. The average molecular weight is 336 g/mol. The van der Waals surface area contributed by atoms with Crippen molar-refractivity contribution < 1.29 is 9.59 Å². The van der Waals surface area contributed by atoms with Crippen molar-refractivity contribution in [2.24, 2.45) is 0 Å². The Morgan fingerprint density at radius 2 is 1.75 bits per heavy atom. The molecule has 1 fully saturated rings. The fourth-order valence-corrected chi connectivity index (χ4v) is 3.97. The lowest BCUT2D eigenvalue weighted by molar-refractivity contribution is -0.118. The van der Waals surface area contributed by atoms with Crippen molar-refractivity contribution >= 4 is 33.8 Å². The van der Waals surface area contributed by atoms with Gasteiger partial charge in [0.1, 0.15) is 0 Å². The third-order valence-corrected chi connectivity index (χ3v) is 5.22. The number of rotatable bonds is 4. The molecule has 1 aliphatic heterocycles. The van der Waals surface area contributed by atoms with Crippen molar-refractivity contribution in [3.8, 4) is 0 Å². The van der Waals surface area contributed by atoms with Crippen LogP contribution in [0.15, 0.2) is 60.8 Å². The average Bonchev–Trinajstić information content (AvgIpc) is 3.09. The quantitative estimate of drug-likeness (QED) is 0.792. The first-order chi connectivity index (χ1) is 11.7. The summed E-state index contributed by atoms with van der Waals surface area (Å²) in [6, 6.07) is 18.5. The van der Waals surface area contributed by atoms with Crippen LogP contribution in [-0.2, 0) is 17.8 Å². The Morgan fingerprint density at radius 1 is 1.00 bits per heavy atom. The lowest BCUT2D eigenvalue weighted by Crippen LogP contribution is -2.25. The van der Waals surface area contributed by atoms with Crippen LogP contribution < -0.4 is 5.32 Å². The molecule has 0 radical (unpaired) electrons. The molecule has 0 aliphatic carbocycles. The van der Waals surface area contributed by atoms with E-state index in [0.717, 1.165) is 34.8 Å². The molecular formula is C19H16N2O2S. The number of aromatic nitrogens is 1. The monoisotopic (exact) mass is 336 g/mol. The summed E-state index contributed by atoms with van der Waals surface area (Å²) in [6.45, 7) is 0.782. The van der Waals surface area contributed by atoms with Crippen LogP contribution in [0.25, 0.3) is 10.9 Å². The standard InChI is InChI=1S/C19H16N2O2S/c22-18-17(24-19(23)20-18)10-14-12-21(11-13-6-2-1-3-7-13)16-9-5-4-8-15(14)16/h1-9,12,17H,10-11H2,(H,20,22,23). The Bertz CT molecular complexity index is 918. The number of amides is 2. The van der Waals surface area contributed by atoms with Gasteiger partial charge >= 0.3 is 0 Å². The van der Waals surface area contributed by atoms with Gasteiger partial charge < -0.3 is 4.57 Å². The van der Waals surface area contributed by atoms with Gasteiger partial charge in [0.15, 0.2) is 0 Å². The van der Waals surface area contributed by atoms with Gasteiger partial charge in [0.2, 0.25) is 5.91 Å². The van der Waals surface area contributed by atoms with Gasteiger partial charge in [0.25, 0.3) is 5.24 Å². The number of carbonyl (C=O) groups excluding carboxylic acids is 2. The summed E-state index contributed by atoms with van der Waals surface area (Å²) in [5, 5.41) is 2.91. The fourth-order valence-electron chi connectivity index (χ4n) is 3.12. The molecule has 4 nitrogen and oxygen atoms in total. The van der Waals surface area contributed by atoms with Crippen LogP contribution >= 0.6 is 11.8 Å². The van der Waals surface area contributed by atoms with Gasteiger partial charge in [-0.3, -0.25) is 14.9 Å². The number of hydrogen-bond acceptors (Lipinski definition) is 3. The molecule has 0 spiro atoms. The van der Waals surface area contributed by atoms with E-state index in [1.54, 1.807) is 0 Å². The van der Waals surface area contributed by atoms with Crippen LogP contribution in [0.3, 0.4) is 0 Å². The SMILES string of the molecule is O=C1NC(=O)C(Cc2cn(Cc3ccccc3)c3ccccc23)S1. The summed E-state index contributed by atoms with van der Waals surface area (Å²) in [6.07, 6.45) is 2.67. The maximum Gasteiger partial charge on any atom is 0.286 e. The Kier molecular flexibility index (Phi) is 3.86. The zero-order valence-electron chi connectivity index (χ0n) is 12.9. The number of imide groups is 1. The van der Waals surface area contributed by atoms with Gasteiger partial charge in [-0.15, -0.1) is 0 Å². The van der Waals surface area contributed by atoms with E-state index < -0.39 is 0 Å². The maximum absolute atomic E-state index is 11.9. The van der Waals surface area contributed by atoms with Gasteiger partial charge in [-0.05, 0) is 23.6 Å². The van der Waals surface area contributed by atoms with Gasteiger partial charge in [0, 0.05) is 23.6 Å². The van der Waals surface area contributed by atoms with Crippen LogP contribution in [0.4, 0.5) is 4.79 Å². The molecule has 2 amide bonds. The Morgan fingerprint density at radius 3 is 2.50 bits per heavy atom. The van der Waals surface area contributed by atoms with Crippen LogP contribution in [0.5, 0.6) is 0 Å². The number of fused-ring (bicyclic) bond motifs is 1. The van der Waals surface area contributed by atoms with E-state index in [4.69, 9.17) is 0 Å². The van der Waals surface area contributed by atoms with Gasteiger partial charge in [-0.25, -0.2) is 0 Å². The molecule has 2 heterocycles. The summed E-state index contributed by atoms with van der Waals surface area (Å²) < 4.78 is 2.21. The predicted molar refractivity (Wildman–Crippen MR) is 96.1 cm³/mol. The first-order valence-corrected chi connectivity index (χ1v) is 8.71. The van der Waals surface area contributed by atoms with E-state index in [1.165, 1.54) is 5.56 Å². The van der Waals surface area contributed by atoms with Gasteiger partial charge in [-0.2, -0.15) is 0 Å². The highest BCUT2D eigenvalue weighted by atomic mass is 32.2. The second kappa shape index (κ2) is 6.17. The predicted octanol–water partition coefficient (Wildman–Crippen LogP) is 3.58. The highest BCUT2D eigenvalue weighted by Gasteiger charge is 2.32. The van der Waals surface area contributed by atoms with Crippen LogP contribution in [0.2, 0.25) is 0 Å². The summed E-state index contributed by atoms with van der Waals surface area (Å²) >= 11 is 1.08. The molecule has 1 unspecified atom stereocenters. The van der Waals surface area contributed by atoms with E-state index >= 15 is 0 Å². The number of benzene rings is 2. The second-order valence-corrected chi connectivity index (χ2v) is 7.05. The topological polar surface area (TPSA) is 51.1 Å². The zero-order valence-corrected chi connectivity index (χ0v) is 13.8. The van der Waals surface area contributed by atoms with Crippen LogP contribution in [0.1, 0.15) is 11.1 Å². The van der Waals surface area contributed by atoms with E-state index in [2.05, 4.69) is 40.3 Å². The lowest BCUT2D eigenvalue weighted by atomic mass is 10.1. The number of thioether (sulfide) groups is 1. The molecule has 1 saturated heterocycles. The van der Waals surface area contributed by atoms with Gasteiger partial charge in [-0.1, -0.05) is 60.3 Å². The first-order valence-electron chi connectivity index (χ1n) is 7.83. The Hall–Kier alpha value is -2.53. The van der Waals surface area contributed by atoms with Crippen molar-refractivity contribution in [1.82, 2.24) is 9.88 Å². The van der Waals surface area contributed by atoms with Crippen LogP contribution in [0, 0.1) is 0 Å². The van der Waals surface area contributed by atoms with Crippen LogP contribution in [-0.4, -0.2) is 21.0 Å². The van der Waals surface area contributed by atoms with Crippen molar-refractivity contribution in [1.29, 1.82) is 0 Å². The van der Waals surface area contributed by atoms with Crippen molar-refractivity contribution in [2.45, 2.75) is 18.2 Å². The summed E-state index contributed by atoms with van der Waals surface area (Å²) in [5.74, 6) is -0.190. The Balaban J connectivity index is 1.69. The summed E-state index contributed by atoms with van der Waals surface area (Å²) in [5.41, 5.74) is 3.47. The van der Waals surface area contributed by atoms with E-state index in [-0.39, 0.29) is 16.4 Å². The fraction of sp³-hybridized carbons (Fsp3) is 0.158. The molecule has 3 aromatic rings. The third kappa shape index (κ3) is 2.83. The number of nitrogens with zero attached hydrogens (tertiary/aromatic N) is 1. The minimum atomic E-state index is -0.339. The maximum atomic E-state index is 11.9. The minimum Gasteiger partial charge on any atom is -0.343 e. The largest absolute Gasteiger partial charge is 0.343 e. The molecule has 1 N–H and O–H groups in total. The number of hydrogen-bond donors (Lipinski definition) is 1. The van der Waals surface area contributed by atoms with E-state index in [1.807, 2.05) is 30.3 Å². The molecule has 4 rings (SSSR count). The number of nitrogens with one attached hydrogen (secondary N) is 1. The smallest absolute Gasteiger partial charge is 0.286 e. The normalized spacial score (nSPS) is 17.4. The van der Waals surface area contributed by atoms with E-state index in [9.17, 15) is 9.59 Å². The molecule has 0 bridgehead atoms. The molecule has 24 heavy (non-hydrogen) atoms.